The maximum Gasteiger partial charge on any atom is 0.419 e. The van der Waals surface area contributed by atoms with Gasteiger partial charge in [-0.05, 0) is 33.6 Å². The Morgan fingerprint density at radius 2 is 2.10 bits per heavy atom. The summed E-state index contributed by atoms with van der Waals surface area (Å²) in [5.41, 5.74) is -0.530. The van der Waals surface area contributed by atoms with Crippen LogP contribution in [-0.4, -0.2) is 51.4 Å². The van der Waals surface area contributed by atoms with Crippen LogP contribution >= 0.6 is 0 Å². The number of hydrogen-bond donors (Lipinski definition) is 0. The summed E-state index contributed by atoms with van der Waals surface area (Å²) in [6.07, 6.45) is 5.23. The molecule has 1 fully saturated rings. The highest BCUT2D eigenvalue weighted by Crippen LogP contribution is 2.21. The summed E-state index contributed by atoms with van der Waals surface area (Å²) in [7, 11) is 0. The van der Waals surface area contributed by atoms with Crippen LogP contribution in [0.3, 0.4) is 0 Å². The zero-order valence-corrected chi connectivity index (χ0v) is 12.6. The maximum absolute atomic E-state index is 12.1. The highest BCUT2D eigenvalue weighted by atomic mass is 16.6. The fraction of sp³-hybridized carbons (Fsp3) is 0.643. The summed E-state index contributed by atoms with van der Waals surface area (Å²) < 4.78 is 11.8. The van der Waals surface area contributed by atoms with Crippen LogP contribution in [0.1, 0.15) is 33.6 Å². The number of amides is 1. The molecule has 1 saturated heterocycles. The van der Waals surface area contributed by atoms with E-state index in [1.165, 1.54) is 23.3 Å². The van der Waals surface area contributed by atoms with E-state index in [9.17, 15) is 9.59 Å². The van der Waals surface area contributed by atoms with E-state index in [1.54, 1.807) is 4.90 Å². The van der Waals surface area contributed by atoms with Crippen LogP contribution in [0.5, 0.6) is 0 Å². The molecule has 1 aromatic heterocycles. The van der Waals surface area contributed by atoms with E-state index in [1.807, 2.05) is 20.8 Å². The van der Waals surface area contributed by atoms with Crippen LogP contribution in [0, 0.1) is 0 Å². The molecule has 0 aliphatic carbocycles. The van der Waals surface area contributed by atoms with Gasteiger partial charge in [0.1, 0.15) is 18.5 Å². The van der Waals surface area contributed by atoms with Crippen molar-refractivity contribution < 1.29 is 19.1 Å². The van der Waals surface area contributed by atoms with Crippen molar-refractivity contribution in [3.63, 3.8) is 0 Å². The lowest BCUT2D eigenvalue weighted by molar-refractivity contribution is 0.0160. The lowest BCUT2D eigenvalue weighted by Gasteiger charge is -2.28. The van der Waals surface area contributed by atoms with Crippen molar-refractivity contribution in [2.75, 3.05) is 13.2 Å². The standard InChI is InChI=1S/C14H21N3O4/c1-14(2,3)21-13(19)17-7-4-5-11(17)9-20-12(18)16-8-6-15-10-16/h6,8,10-11H,4-5,7,9H2,1-3H3. The van der Waals surface area contributed by atoms with Gasteiger partial charge in [-0.15, -0.1) is 0 Å². The minimum absolute atomic E-state index is 0.132. The maximum atomic E-state index is 12.1. The highest BCUT2D eigenvalue weighted by molar-refractivity contribution is 5.70. The van der Waals surface area contributed by atoms with Gasteiger partial charge in [-0.25, -0.2) is 19.1 Å². The van der Waals surface area contributed by atoms with Gasteiger partial charge < -0.3 is 14.4 Å². The average molecular weight is 295 g/mol. The number of carbonyl (C=O) groups excluding carboxylic acids is 2. The van der Waals surface area contributed by atoms with Gasteiger partial charge in [-0.1, -0.05) is 0 Å². The van der Waals surface area contributed by atoms with E-state index in [-0.39, 0.29) is 18.7 Å². The number of hydrogen-bond acceptors (Lipinski definition) is 5. The van der Waals surface area contributed by atoms with Gasteiger partial charge in [0, 0.05) is 18.9 Å². The normalized spacial score (nSPS) is 18.6. The molecule has 0 saturated carbocycles. The third kappa shape index (κ3) is 4.21. The summed E-state index contributed by atoms with van der Waals surface area (Å²) in [5, 5.41) is 0. The van der Waals surface area contributed by atoms with Crippen molar-refractivity contribution in [2.45, 2.75) is 45.3 Å². The molecule has 0 aromatic carbocycles. The molecule has 1 atom stereocenters. The van der Waals surface area contributed by atoms with Crippen LogP contribution in [-0.2, 0) is 9.47 Å². The summed E-state index contributed by atoms with van der Waals surface area (Å²) in [5.74, 6) is 0. The first-order valence-electron chi connectivity index (χ1n) is 7.01. The Morgan fingerprint density at radius 1 is 1.33 bits per heavy atom. The van der Waals surface area contributed by atoms with Gasteiger partial charge >= 0.3 is 12.2 Å². The monoisotopic (exact) mass is 295 g/mol. The lowest BCUT2D eigenvalue weighted by Crippen LogP contribution is -2.42. The van der Waals surface area contributed by atoms with Crippen molar-refractivity contribution in [3.05, 3.63) is 18.7 Å². The molecule has 0 radical (unpaired) electrons. The minimum atomic E-state index is -0.530. The quantitative estimate of drug-likeness (QED) is 0.836. The fourth-order valence-corrected chi connectivity index (χ4v) is 2.18. The number of ether oxygens (including phenoxy) is 2. The van der Waals surface area contributed by atoms with E-state index in [4.69, 9.17) is 9.47 Å². The molecule has 0 spiro atoms. The smallest absolute Gasteiger partial charge is 0.419 e. The average Bonchev–Trinajstić information content (AvgIpc) is 3.04. The molecule has 7 heteroatoms. The summed E-state index contributed by atoms with van der Waals surface area (Å²) >= 11 is 0. The van der Waals surface area contributed by atoms with E-state index in [0.717, 1.165) is 12.8 Å². The van der Waals surface area contributed by atoms with Crippen LogP contribution in [0.15, 0.2) is 18.7 Å². The first-order chi connectivity index (χ1) is 9.87. The molecular weight excluding hydrogens is 274 g/mol. The molecule has 1 amide bonds. The molecule has 1 aliphatic heterocycles. The molecule has 1 aromatic rings. The Balaban J connectivity index is 1.87. The molecule has 7 nitrogen and oxygen atoms in total. The summed E-state index contributed by atoms with van der Waals surface area (Å²) in [6, 6.07) is -0.132. The van der Waals surface area contributed by atoms with Crippen LogP contribution in [0.4, 0.5) is 9.59 Å². The Kier molecular flexibility index (Phi) is 4.50. The van der Waals surface area contributed by atoms with Crippen LogP contribution < -0.4 is 0 Å². The zero-order valence-electron chi connectivity index (χ0n) is 12.6. The predicted octanol–water partition coefficient (Wildman–Crippen LogP) is 2.27. The Labute approximate surface area is 123 Å². The zero-order chi connectivity index (χ0) is 15.5. The number of rotatable bonds is 2. The number of carbonyl (C=O) groups is 2. The largest absolute Gasteiger partial charge is 0.447 e. The number of nitrogens with zero attached hydrogens (tertiary/aromatic N) is 3. The van der Waals surface area contributed by atoms with Crippen molar-refractivity contribution >= 4 is 12.2 Å². The Morgan fingerprint density at radius 3 is 2.71 bits per heavy atom. The molecule has 2 rings (SSSR count). The van der Waals surface area contributed by atoms with E-state index in [0.29, 0.717) is 6.54 Å². The van der Waals surface area contributed by atoms with Gasteiger partial charge in [0.15, 0.2) is 0 Å². The molecule has 0 N–H and O–H groups in total. The predicted molar refractivity (Wildman–Crippen MR) is 74.9 cm³/mol. The second kappa shape index (κ2) is 6.15. The van der Waals surface area contributed by atoms with Gasteiger partial charge in [-0.3, -0.25) is 0 Å². The second-order valence-electron chi connectivity index (χ2n) is 6.02. The minimum Gasteiger partial charge on any atom is -0.447 e. The van der Waals surface area contributed by atoms with E-state index in [2.05, 4.69) is 4.98 Å². The van der Waals surface area contributed by atoms with E-state index >= 15 is 0 Å². The number of imidazole rings is 1. The lowest BCUT2D eigenvalue weighted by atomic mass is 10.2. The molecule has 21 heavy (non-hydrogen) atoms. The van der Waals surface area contributed by atoms with Gasteiger partial charge in [0.25, 0.3) is 0 Å². The molecule has 2 heterocycles. The van der Waals surface area contributed by atoms with Gasteiger partial charge in [0.2, 0.25) is 0 Å². The molecule has 1 aliphatic rings. The Bertz CT molecular complexity index is 493. The first-order valence-corrected chi connectivity index (χ1v) is 7.01. The first kappa shape index (κ1) is 15.3. The van der Waals surface area contributed by atoms with E-state index < -0.39 is 11.7 Å². The fourth-order valence-electron chi connectivity index (χ4n) is 2.18. The van der Waals surface area contributed by atoms with Crippen molar-refractivity contribution in [3.8, 4) is 0 Å². The topological polar surface area (TPSA) is 73.7 Å². The van der Waals surface area contributed by atoms with Crippen molar-refractivity contribution in [1.82, 2.24) is 14.5 Å². The number of likely N-dealkylation sites (tertiary alicyclic amines) is 1. The molecule has 116 valence electrons. The van der Waals surface area contributed by atoms with Crippen molar-refractivity contribution in [2.24, 2.45) is 0 Å². The Hall–Kier alpha value is -2.05. The summed E-state index contributed by atoms with van der Waals surface area (Å²) in [6.45, 7) is 6.28. The SMILES string of the molecule is CC(C)(C)OC(=O)N1CCCC1COC(=O)n1ccnc1. The number of aromatic nitrogens is 2. The summed E-state index contributed by atoms with van der Waals surface area (Å²) in [4.78, 5) is 29.2. The third-order valence-corrected chi connectivity index (χ3v) is 3.12. The second-order valence-corrected chi connectivity index (χ2v) is 6.02. The highest BCUT2D eigenvalue weighted by Gasteiger charge is 2.33. The third-order valence-electron chi connectivity index (χ3n) is 3.12. The molecule has 0 bridgehead atoms. The van der Waals surface area contributed by atoms with Crippen LogP contribution in [0.2, 0.25) is 0 Å². The van der Waals surface area contributed by atoms with Crippen molar-refractivity contribution in [1.29, 1.82) is 0 Å². The molecular formula is C14H21N3O4. The molecule has 1 unspecified atom stereocenters. The van der Waals surface area contributed by atoms with Gasteiger partial charge in [-0.2, -0.15) is 0 Å². The van der Waals surface area contributed by atoms with Gasteiger partial charge in [0.05, 0.1) is 6.04 Å². The van der Waals surface area contributed by atoms with Crippen LogP contribution in [0.25, 0.3) is 0 Å².